The van der Waals surface area contributed by atoms with Gasteiger partial charge in [-0.25, -0.2) is 0 Å². The number of benzene rings is 1. The molecule has 0 radical (unpaired) electrons. The lowest BCUT2D eigenvalue weighted by Crippen LogP contribution is -2.21. The summed E-state index contributed by atoms with van der Waals surface area (Å²) in [5.41, 5.74) is 3.44. The van der Waals surface area contributed by atoms with Crippen LogP contribution < -0.4 is 0 Å². The lowest BCUT2D eigenvalue weighted by atomic mass is 9.83. The number of furan rings is 1. The predicted molar refractivity (Wildman–Crippen MR) is 103 cm³/mol. The van der Waals surface area contributed by atoms with E-state index in [9.17, 15) is 14.7 Å². The van der Waals surface area contributed by atoms with Crippen LogP contribution in [-0.2, 0) is 33.8 Å². The fraction of sp³-hybridized carbons (Fsp3) is 0.478. The summed E-state index contributed by atoms with van der Waals surface area (Å²) in [4.78, 5) is 24.4. The van der Waals surface area contributed by atoms with Crippen LogP contribution in [0.25, 0.3) is 0 Å². The highest BCUT2D eigenvalue weighted by molar-refractivity contribution is 6.40. The minimum atomic E-state index is -0.388. The first-order valence-corrected chi connectivity index (χ1v) is 10.1. The standard InChI is InChI=1S/C23H26O5/c24-21-8-2-6-18-15(4-1-7-20(18)21)9-10-19-16(12-22(25)23(19)26)13-27-14-17-5-3-11-28-17/h1,3-5,7,11,16,19,21,24H,2,6,8-10,12-14H2/t16-,19-,21?/m1/s1. The Balaban J connectivity index is 1.40. The largest absolute Gasteiger partial charge is 0.467 e. The van der Waals surface area contributed by atoms with Crippen LogP contribution in [0.15, 0.2) is 41.0 Å². The molecule has 1 fully saturated rings. The summed E-state index contributed by atoms with van der Waals surface area (Å²) in [6, 6.07) is 9.71. The Morgan fingerprint density at radius 1 is 1.18 bits per heavy atom. The summed E-state index contributed by atoms with van der Waals surface area (Å²) in [5.74, 6) is -0.145. The molecular weight excluding hydrogens is 356 g/mol. The Hall–Kier alpha value is -2.24. The van der Waals surface area contributed by atoms with Crippen LogP contribution in [0, 0.1) is 11.8 Å². The maximum Gasteiger partial charge on any atom is 0.201 e. The van der Waals surface area contributed by atoms with E-state index in [1.807, 2.05) is 24.3 Å². The van der Waals surface area contributed by atoms with E-state index in [1.165, 1.54) is 11.1 Å². The van der Waals surface area contributed by atoms with Gasteiger partial charge in [-0.2, -0.15) is 0 Å². The van der Waals surface area contributed by atoms with Gasteiger partial charge in [-0.1, -0.05) is 18.2 Å². The first kappa shape index (κ1) is 19.1. The molecule has 2 aliphatic carbocycles. The van der Waals surface area contributed by atoms with E-state index in [2.05, 4.69) is 6.07 Å². The Morgan fingerprint density at radius 2 is 2.07 bits per heavy atom. The van der Waals surface area contributed by atoms with Crippen molar-refractivity contribution in [2.24, 2.45) is 11.8 Å². The van der Waals surface area contributed by atoms with Crippen LogP contribution in [0.4, 0.5) is 0 Å². The molecule has 0 spiro atoms. The first-order valence-electron chi connectivity index (χ1n) is 10.1. The van der Waals surface area contributed by atoms with Gasteiger partial charge in [0.05, 0.1) is 19.0 Å². The van der Waals surface area contributed by atoms with Gasteiger partial charge in [-0.05, 0) is 66.8 Å². The second kappa shape index (κ2) is 8.41. The van der Waals surface area contributed by atoms with Crippen molar-refractivity contribution in [2.75, 3.05) is 6.61 Å². The molecule has 1 N–H and O–H groups in total. The highest BCUT2D eigenvalue weighted by atomic mass is 16.5. The normalized spacial score (nSPS) is 24.5. The lowest BCUT2D eigenvalue weighted by molar-refractivity contribution is -0.135. The zero-order valence-electron chi connectivity index (χ0n) is 15.9. The molecule has 2 aromatic rings. The monoisotopic (exact) mass is 382 g/mol. The number of Topliss-reactive ketones (excluding diaryl/α,β-unsaturated/α-hetero) is 2. The van der Waals surface area contributed by atoms with Gasteiger partial charge in [0.1, 0.15) is 12.4 Å². The van der Waals surface area contributed by atoms with Crippen LogP contribution in [0.3, 0.4) is 0 Å². The summed E-state index contributed by atoms with van der Waals surface area (Å²) >= 11 is 0. The number of rotatable bonds is 7. The van der Waals surface area contributed by atoms with E-state index in [1.54, 1.807) is 6.26 Å². The summed E-state index contributed by atoms with van der Waals surface area (Å²) < 4.78 is 11.0. The Morgan fingerprint density at radius 3 is 2.89 bits per heavy atom. The van der Waals surface area contributed by atoms with Gasteiger partial charge in [-0.15, -0.1) is 0 Å². The molecule has 1 aromatic heterocycles. The van der Waals surface area contributed by atoms with Crippen molar-refractivity contribution < 1.29 is 23.8 Å². The number of hydrogen-bond donors (Lipinski definition) is 1. The minimum Gasteiger partial charge on any atom is -0.467 e. The van der Waals surface area contributed by atoms with Gasteiger partial charge in [0.2, 0.25) is 5.78 Å². The molecule has 0 bridgehead atoms. The number of carbonyl (C=O) groups is 2. The number of fused-ring (bicyclic) bond motifs is 1. The zero-order chi connectivity index (χ0) is 19.5. The van der Waals surface area contributed by atoms with Crippen molar-refractivity contribution in [1.29, 1.82) is 0 Å². The fourth-order valence-corrected chi connectivity index (χ4v) is 4.59. The van der Waals surface area contributed by atoms with Crippen LogP contribution in [-0.4, -0.2) is 23.3 Å². The predicted octanol–water partition coefficient (Wildman–Crippen LogP) is 3.57. The van der Waals surface area contributed by atoms with E-state index in [0.29, 0.717) is 19.6 Å². The number of carbonyl (C=O) groups excluding carboxylic acids is 2. The molecule has 5 heteroatoms. The number of hydrogen-bond acceptors (Lipinski definition) is 5. The smallest absolute Gasteiger partial charge is 0.201 e. The van der Waals surface area contributed by atoms with Gasteiger partial charge >= 0.3 is 0 Å². The van der Waals surface area contributed by atoms with Crippen LogP contribution >= 0.6 is 0 Å². The molecular formula is C23H26O5. The molecule has 4 rings (SSSR count). The van der Waals surface area contributed by atoms with Gasteiger partial charge in [0.25, 0.3) is 0 Å². The second-order valence-corrected chi connectivity index (χ2v) is 7.88. The molecule has 3 atom stereocenters. The van der Waals surface area contributed by atoms with Crippen molar-refractivity contribution in [3.05, 3.63) is 59.0 Å². The topological polar surface area (TPSA) is 76.7 Å². The maximum absolute atomic E-state index is 12.4. The molecule has 1 unspecified atom stereocenters. The molecule has 0 amide bonds. The van der Waals surface area contributed by atoms with E-state index in [4.69, 9.17) is 9.15 Å². The number of ketones is 2. The number of aliphatic hydroxyl groups is 1. The van der Waals surface area contributed by atoms with Crippen molar-refractivity contribution in [3.63, 3.8) is 0 Å². The average Bonchev–Trinajstić information content (AvgIpc) is 3.30. The van der Waals surface area contributed by atoms with Crippen molar-refractivity contribution in [3.8, 4) is 0 Å². The lowest BCUT2D eigenvalue weighted by Gasteiger charge is -2.24. The van der Waals surface area contributed by atoms with Crippen molar-refractivity contribution in [2.45, 2.75) is 51.2 Å². The fourth-order valence-electron chi connectivity index (χ4n) is 4.59. The van der Waals surface area contributed by atoms with Gasteiger partial charge in [0, 0.05) is 12.3 Å². The van der Waals surface area contributed by atoms with E-state index < -0.39 is 0 Å². The highest BCUT2D eigenvalue weighted by Gasteiger charge is 2.40. The van der Waals surface area contributed by atoms with Gasteiger partial charge in [-0.3, -0.25) is 9.59 Å². The molecule has 0 aliphatic heterocycles. The second-order valence-electron chi connectivity index (χ2n) is 7.88. The molecule has 1 saturated carbocycles. The Kier molecular flexibility index (Phi) is 5.74. The minimum absolute atomic E-state index is 0.0694. The van der Waals surface area contributed by atoms with E-state index >= 15 is 0 Å². The summed E-state index contributed by atoms with van der Waals surface area (Å²) in [6.07, 6.45) is 5.63. The molecule has 0 saturated heterocycles. The summed E-state index contributed by atoms with van der Waals surface area (Å²) in [6.45, 7) is 0.733. The number of aryl methyl sites for hydroxylation is 1. The van der Waals surface area contributed by atoms with E-state index in [-0.39, 0.29) is 35.9 Å². The van der Waals surface area contributed by atoms with Crippen molar-refractivity contribution >= 4 is 11.6 Å². The van der Waals surface area contributed by atoms with Crippen LogP contribution in [0.1, 0.15) is 54.2 Å². The Labute approximate surface area is 164 Å². The van der Waals surface area contributed by atoms with Crippen LogP contribution in [0.5, 0.6) is 0 Å². The maximum atomic E-state index is 12.4. The molecule has 148 valence electrons. The zero-order valence-corrected chi connectivity index (χ0v) is 15.9. The third-order valence-corrected chi connectivity index (χ3v) is 6.08. The van der Waals surface area contributed by atoms with Gasteiger partial charge < -0.3 is 14.3 Å². The molecule has 1 heterocycles. The third kappa shape index (κ3) is 3.96. The molecule has 5 nitrogen and oxygen atoms in total. The highest BCUT2D eigenvalue weighted by Crippen LogP contribution is 2.35. The number of ether oxygens (including phenoxy) is 1. The molecule has 2 aliphatic rings. The van der Waals surface area contributed by atoms with Gasteiger partial charge in [0.15, 0.2) is 5.78 Å². The summed E-state index contributed by atoms with van der Waals surface area (Å²) in [7, 11) is 0. The molecule has 28 heavy (non-hydrogen) atoms. The number of aliphatic hydroxyl groups excluding tert-OH is 1. The Bertz CT molecular complexity index is 839. The quantitative estimate of drug-likeness (QED) is 0.741. The average molecular weight is 382 g/mol. The van der Waals surface area contributed by atoms with Crippen molar-refractivity contribution in [1.82, 2.24) is 0 Å². The first-order chi connectivity index (χ1) is 13.6. The van der Waals surface area contributed by atoms with E-state index in [0.717, 1.165) is 37.0 Å². The third-order valence-electron chi connectivity index (χ3n) is 6.08. The SMILES string of the molecule is O=C1C[C@H](COCc2ccco2)[C@@H](CCc2cccc3c2CCCC3O)C1=O. The van der Waals surface area contributed by atoms with Crippen LogP contribution in [0.2, 0.25) is 0 Å². The summed E-state index contributed by atoms with van der Waals surface area (Å²) in [5, 5.41) is 10.2. The molecule has 1 aromatic carbocycles.